The molecule has 2 atom stereocenters. The van der Waals surface area contributed by atoms with Crippen molar-refractivity contribution in [3.8, 4) is 0 Å². The van der Waals surface area contributed by atoms with Crippen LogP contribution in [0.2, 0.25) is 0 Å². The fourth-order valence-electron chi connectivity index (χ4n) is 2.91. The zero-order valence-electron chi connectivity index (χ0n) is 15.6. The predicted octanol–water partition coefficient (Wildman–Crippen LogP) is 3.80. The largest absolute Gasteiger partial charge is 0.480 e. The van der Waals surface area contributed by atoms with Crippen molar-refractivity contribution in [1.29, 1.82) is 0 Å². The zero-order chi connectivity index (χ0) is 19.1. The average molecular weight is 353 g/mol. The molecular weight excluding hydrogens is 326 g/mol. The maximum atomic E-state index is 12.5. The van der Waals surface area contributed by atoms with Gasteiger partial charge in [-0.05, 0) is 36.0 Å². The van der Waals surface area contributed by atoms with E-state index in [0.717, 1.165) is 17.5 Å². The highest BCUT2D eigenvalue weighted by atomic mass is 16.4. The fourth-order valence-corrected chi connectivity index (χ4v) is 2.91. The van der Waals surface area contributed by atoms with Crippen molar-refractivity contribution in [2.75, 3.05) is 0 Å². The maximum Gasteiger partial charge on any atom is 0.326 e. The summed E-state index contributed by atoms with van der Waals surface area (Å²) < 4.78 is 0. The molecule has 0 radical (unpaired) electrons. The molecule has 2 N–H and O–H groups in total. The summed E-state index contributed by atoms with van der Waals surface area (Å²) in [5.74, 6) is -1.12. The third-order valence-electron chi connectivity index (χ3n) is 4.41. The molecule has 1 amide bonds. The van der Waals surface area contributed by atoms with E-state index < -0.39 is 17.9 Å². The van der Waals surface area contributed by atoms with Gasteiger partial charge in [0.15, 0.2) is 0 Å². The summed E-state index contributed by atoms with van der Waals surface area (Å²) in [6.07, 6.45) is 1.26. The van der Waals surface area contributed by atoms with Crippen molar-refractivity contribution in [1.82, 2.24) is 5.32 Å². The number of carboxylic acid groups (broad SMARTS) is 1. The number of benzene rings is 2. The van der Waals surface area contributed by atoms with Crippen LogP contribution in [0, 0.1) is 5.92 Å². The second-order valence-corrected chi connectivity index (χ2v) is 7.15. The van der Waals surface area contributed by atoms with Gasteiger partial charge < -0.3 is 10.4 Å². The fraction of sp³-hybridized carbons (Fsp3) is 0.364. The summed E-state index contributed by atoms with van der Waals surface area (Å²) in [5.41, 5.74) is 3.01. The van der Waals surface area contributed by atoms with Crippen LogP contribution in [0.5, 0.6) is 0 Å². The molecule has 0 heterocycles. The van der Waals surface area contributed by atoms with Crippen molar-refractivity contribution < 1.29 is 14.7 Å². The molecule has 0 fully saturated rings. The summed E-state index contributed by atoms with van der Waals surface area (Å²) in [5, 5.41) is 12.1. The molecule has 0 spiro atoms. The lowest BCUT2D eigenvalue weighted by Gasteiger charge is -2.18. The molecule has 2 aromatic rings. The van der Waals surface area contributed by atoms with Crippen molar-refractivity contribution in [2.24, 2.45) is 5.92 Å². The van der Waals surface area contributed by atoms with Gasteiger partial charge in [-0.3, -0.25) is 4.79 Å². The van der Waals surface area contributed by atoms with Crippen LogP contribution < -0.4 is 5.32 Å². The van der Waals surface area contributed by atoms with Crippen LogP contribution in [0.3, 0.4) is 0 Å². The topological polar surface area (TPSA) is 66.4 Å². The van der Waals surface area contributed by atoms with E-state index in [-0.39, 0.29) is 12.3 Å². The van der Waals surface area contributed by atoms with Crippen LogP contribution in [0.25, 0.3) is 0 Å². The monoisotopic (exact) mass is 353 g/mol. The lowest BCUT2D eigenvalue weighted by atomic mass is 9.95. The highest BCUT2D eigenvalue weighted by molar-refractivity contribution is 5.88. The molecule has 0 bridgehead atoms. The van der Waals surface area contributed by atoms with E-state index in [9.17, 15) is 14.7 Å². The van der Waals surface area contributed by atoms with Crippen molar-refractivity contribution in [2.45, 2.75) is 45.6 Å². The molecule has 26 heavy (non-hydrogen) atoms. The maximum absolute atomic E-state index is 12.5. The Balaban J connectivity index is 2.02. The minimum Gasteiger partial charge on any atom is -0.480 e. The van der Waals surface area contributed by atoms with E-state index >= 15 is 0 Å². The van der Waals surface area contributed by atoms with E-state index in [1.54, 1.807) is 6.92 Å². The van der Waals surface area contributed by atoms with Crippen molar-refractivity contribution in [3.63, 3.8) is 0 Å². The summed E-state index contributed by atoms with van der Waals surface area (Å²) in [4.78, 5) is 24.1. The van der Waals surface area contributed by atoms with Crippen LogP contribution in [0.15, 0.2) is 54.6 Å². The van der Waals surface area contributed by atoms with Crippen LogP contribution in [0.4, 0.5) is 0 Å². The van der Waals surface area contributed by atoms with Crippen molar-refractivity contribution >= 4 is 11.9 Å². The number of carboxylic acids is 1. The molecule has 138 valence electrons. The second-order valence-electron chi connectivity index (χ2n) is 7.15. The summed E-state index contributed by atoms with van der Waals surface area (Å²) >= 11 is 0. The standard InChI is InChI=1S/C22H27NO3/c1-15(2)13-18-9-11-19(12-10-18)16(3)21(24)23-20(22(25)26)14-17-7-5-4-6-8-17/h4-12,15-16,20H,13-14H2,1-3H3,(H,23,24)(H,25,26)/t16-,20-/m0/s1. The number of rotatable bonds is 8. The summed E-state index contributed by atoms with van der Waals surface area (Å²) in [7, 11) is 0. The van der Waals surface area contributed by atoms with Crippen LogP contribution >= 0.6 is 0 Å². The number of nitrogens with one attached hydrogen (secondary N) is 1. The Labute approximate surface area is 155 Å². The number of hydrogen-bond donors (Lipinski definition) is 2. The van der Waals surface area contributed by atoms with Crippen LogP contribution in [-0.4, -0.2) is 23.0 Å². The van der Waals surface area contributed by atoms with E-state index in [4.69, 9.17) is 0 Å². The lowest BCUT2D eigenvalue weighted by molar-refractivity contribution is -0.141. The molecule has 0 aliphatic rings. The normalized spacial score (nSPS) is 13.2. The second kappa shape index (κ2) is 9.18. The molecule has 0 saturated carbocycles. The molecule has 2 rings (SSSR count). The van der Waals surface area contributed by atoms with Gasteiger partial charge in [0.05, 0.1) is 5.92 Å². The Morgan fingerprint density at radius 1 is 0.885 bits per heavy atom. The Bertz CT molecular complexity index is 723. The highest BCUT2D eigenvalue weighted by Gasteiger charge is 2.24. The predicted molar refractivity (Wildman–Crippen MR) is 103 cm³/mol. The van der Waals surface area contributed by atoms with Gasteiger partial charge >= 0.3 is 5.97 Å². The quantitative estimate of drug-likeness (QED) is 0.758. The number of carbonyl (C=O) groups excluding carboxylic acids is 1. The first-order valence-electron chi connectivity index (χ1n) is 9.02. The number of amides is 1. The van der Waals surface area contributed by atoms with Gasteiger partial charge in [0, 0.05) is 6.42 Å². The minimum atomic E-state index is -1.03. The SMILES string of the molecule is CC(C)Cc1ccc([C@H](C)C(=O)N[C@@H](Cc2ccccc2)C(=O)O)cc1. The average Bonchev–Trinajstić information content (AvgIpc) is 2.61. The molecule has 0 aliphatic carbocycles. The van der Waals surface area contributed by atoms with E-state index in [1.165, 1.54) is 5.56 Å². The zero-order valence-corrected chi connectivity index (χ0v) is 15.6. The Morgan fingerprint density at radius 3 is 2.00 bits per heavy atom. The third-order valence-corrected chi connectivity index (χ3v) is 4.41. The van der Waals surface area contributed by atoms with Gasteiger partial charge in [0.25, 0.3) is 0 Å². The minimum absolute atomic E-state index is 0.266. The van der Waals surface area contributed by atoms with Gasteiger partial charge in [-0.15, -0.1) is 0 Å². The summed E-state index contributed by atoms with van der Waals surface area (Å²) in [6.45, 7) is 6.14. The van der Waals surface area contributed by atoms with Gasteiger partial charge in [0.1, 0.15) is 6.04 Å². The summed E-state index contributed by atoms with van der Waals surface area (Å²) in [6, 6.07) is 16.4. The molecule has 2 aromatic carbocycles. The van der Waals surface area contributed by atoms with E-state index in [0.29, 0.717) is 5.92 Å². The third kappa shape index (κ3) is 5.73. The molecule has 0 unspecified atom stereocenters. The molecule has 0 aromatic heterocycles. The lowest BCUT2D eigenvalue weighted by Crippen LogP contribution is -2.44. The Kier molecular flexibility index (Phi) is 6.96. The number of aliphatic carboxylic acids is 1. The Morgan fingerprint density at radius 2 is 1.46 bits per heavy atom. The van der Waals surface area contributed by atoms with Crippen LogP contribution in [0.1, 0.15) is 43.4 Å². The molecule has 0 saturated heterocycles. The van der Waals surface area contributed by atoms with E-state index in [2.05, 4.69) is 19.2 Å². The first-order valence-corrected chi connectivity index (χ1v) is 9.02. The van der Waals surface area contributed by atoms with Gasteiger partial charge in [-0.1, -0.05) is 68.4 Å². The van der Waals surface area contributed by atoms with Crippen molar-refractivity contribution in [3.05, 3.63) is 71.3 Å². The molecule has 4 heteroatoms. The molecular formula is C22H27NO3. The Hall–Kier alpha value is -2.62. The van der Waals surface area contributed by atoms with Gasteiger partial charge in [-0.2, -0.15) is 0 Å². The first-order chi connectivity index (χ1) is 12.4. The number of hydrogen-bond acceptors (Lipinski definition) is 2. The van der Waals surface area contributed by atoms with Gasteiger partial charge in [0.2, 0.25) is 5.91 Å². The number of carbonyl (C=O) groups is 2. The molecule has 4 nitrogen and oxygen atoms in total. The van der Waals surface area contributed by atoms with Crippen LogP contribution in [-0.2, 0) is 22.4 Å². The van der Waals surface area contributed by atoms with E-state index in [1.807, 2.05) is 54.6 Å². The highest BCUT2D eigenvalue weighted by Crippen LogP contribution is 2.18. The smallest absolute Gasteiger partial charge is 0.326 e. The molecule has 0 aliphatic heterocycles. The van der Waals surface area contributed by atoms with Gasteiger partial charge in [-0.25, -0.2) is 4.79 Å². The first kappa shape index (κ1) is 19.7.